The van der Waals surface area contributed by atoms with E-state index in [1.54, 1.807) is 0 Å². The minimum Gasteiger partial charge on any atom is -0.394 e. The maximum absolute atomic E-state index is 12.7. The summed E-state index contributed by atoms with van der Waals surface area (Å²) in [6, 6.07) is 0.0448. The summed E-state index contributed by atoms with van der Waals surface area (Å²) in [6.07, 6.45) is 8.20. The molecular weight excluding hydrogens is 250 g/mol. The van der Waals surface area contributed by atoms with Crippen molar-refractivity contribution in [3.8, 4) is 0 Å². The van der Waals surface area contributed by atoms with Crippen LogP contribution in [0.2, 0.25) is 0 Å². The molecule has 1 saturated heterocycles. The molecule has 3 heteroatoms. The smallest absolute Gasteiger partial charge is 0.226 e. The molecule has 0 saturated carbocycles. The van der Waals surface area contributed by atoms with E-state index in [0.717, 1.165) is 32.2 Å². The first-order valence-electron chi connectivity index (χ1n) is 8.03. The molecule has 1 N–H and O–H groups in total. The largest absolute Gasteiger partial charge is 0.394 e. The molecule has 20 heavy (non-hydrogen) atoms. The van der Waals surface area contributed by atoms with Gasteiger partial charge >= 0.3 is 0 Å². The molecule has 0 spiro atoms. The zero-order valence-electron chi connectivity index (χ0n) is 13.5. The van der Waals surface area contributed by atoms with E-state index in [9.17, 15) is 9.90 Å². The number of rotatable bonds is 7. The van der Waals surface area contributed by atoms with Crippen molar-refractivity contribution in [1.29, 1.82) is 0 Å². The van der Waals surface area contributed by atoms with Crippen molar-refractivity contribution in [3.63, 3.8) is 0 Å². The number of amides is 1. The predicted molar refractivity (Wildman–Crippen MR) is 83.4 cm³/mol. The van der Waals surface area contributed by atoms with Crippen LogP contribution in [0.15, 0.2) is 12.2 Å². The van der Waals surface area contributed by atoms with E-state index in [1.165, 1.54) is 0 Å². The van der Waals surface area contributed by atoms with Crippen LogP contribution in [0, 0.1) is 17.8 Å². The number of hydrogen-bond acceptors (Lipinski definition) is 2. The highest BCUT2D eigenvalue weighted by atomic mass is 16.3. The predicted octanol–water partition coefficient (Wildman–Crippen LogP) is 3.23. The first-order valence-corrected chi connectivity index (χ1v) is 8.03. The van der Waals surface area contributed by atoms with Crippen molar-refractivity contribution in [2.24, 2.45) is 17.8 Å². The number of aliphatic hydroxyl groups excluding tert-OH is 1. The maximum Gasteiger partial charge on any atom is 0.226 e. The summed E-state index contributed by atoms with van der Waals surface area (Å²) in [5.74, 6) is 1.28. The number of allylic oxidation sites excluding steroid dienone is 2. The van der Waals surface area contributed by atoms with Gasteiger partial charge in [-0.15, -0.1) is 0 Å². The number of carbonyl (C=O) groups excluding carboxylic acids is 1. The minimum absolute atomic E-state index is 0.0448. The Morgan fingerprint density at radius 1 is 1.25 bits per heavy atom. The molecule has 1 aliphatic heterocycles. The summed E-state index contributed by atoms with van der Waals surface area (Å²) in [5, 5.41) is 9.37. The van der Waals surface area contributed by atoms with Crippen LogP contribution in [0.4, 0.5) is 0 Å². The van der Waals surface area contributed by atoms with Crippen LogP contribution in [0.5, 0.6) is 0 Å². The number of likely N-dealkylation sites (tertiary alicyclic amines) is 1. The first kappa shape index (κ1) is 17.2. The molecule has 0 aliphatic carbocycles. The summed E-state index contributed by atoms with van der Waals surface area (Å²) in [6.45, 7) is 9.53. The van der Waals surface area contributed by atoms with Crippen LogP contribution in [-0.2, 0) is 4.79 Å². The van der Waals surface area contributed by atoms with E-state index in [-0.39, 0.29) is 24.5 Å². The Morgan fingerprint density at radius 3 is 2.45 bits per heavy atom. The van der Waals surface area contributed by atoms with Crippen molar-refractivity contribution in [2.45, 2.75) is 59.4 Å². The summed E-state index contributed by atoms with van der Waals surface area (Å²) < 4.78 is 0. The molecule has 1 unspecified atom stereocenters. The number of hydrogen-bond donors (Lipinski definition) is 1. The minimum atomic E-state index is 0.0448. The van der Waals surface area contributed by atoms with Gasteiger partial charge in [-0.2, -0.15) is 0 Å². The van der Waals surface area contributed by atoms with Gasteiger partial charge < -0.3 is 10.0 Å². The van der Waals surface area contributed by atoms with E-state index in [0.29, 0.717) is 11.8 Å². The fraction of sp³-hybridized carbons (Fsp3) is 0.824. The molecule has 1 fully saturated rings. The van der Waals surface area contributed by atoms with Gasteiger partial charge in [-0.25, -0.2) is 0 Å². The van der Waals surface area contributed by atoms with Gasteiger partial charge in [-0.3, -0.25) is 4.79 Å². The Bertz CT molecular complexity index is 323. The zero-order valence-corrected chi connectivity index (χ0v) is 13.5. The van der Waals surface area contributed by atoms with E-state index in [1.807, 2.05) is 4.90 Å². The van der Waals surface area contributed by atoms with Crippen molar-refractivity contribution < 1.29 is 9.90 Å². The molecule has 2 atom stereocenters. The van der Waals surface area contributed by atoms with Gasteiger partial charge in [0, 0.05) is 12.5 Å². The van der Waals surface area contributed by atoms with Gasteiger partial charge in [-0.05, 0) is 37.5 Å². The van der Waals surface area contributed by atoms with Crippen LogP contribution in [0.3, 0.4) is 0 Å². The number of aliphatic hydroxyl groups is 1. The fourth-order valence-electron chi connectivity index (χ4n) is 2.80. The maximum atomic E-state index is 12.7. The number of carbonyl (C=O) groups is 1. The Kier molecular flexibility index (Phi) is 7.28. The molecule has 0 aromatic rings. The molecule has 1 amide bonds. The van der Waals surface area contributed by atoms with Gasteiger partial charge in [0.25, 0.3) is 0 Å². The van der Waals surface area contributed by atoms with Gasteiger partial charge in [0.2, 0.25) is 5.91 Å². The Morgan fingerprint density at radius 2 is 1.90 bits per heavy atom. The molecular formula is C17H31NO2. The third kappa shape index (κ3) is 4.93. The molecule has 1 heterocycles. The summed E-state index contributed by atoms with van der Waals surface area (Å²) in [7, 11) is 0. The highest BCUT2D eigenvalue weighted by molar-refractivity contribution is 5.80. The third-order valence-electron chi connectivity index (χ3n) is 4.16. The molecule has 0 aromatic carbocycles. The van der Waals surface area contributed by atoms with Crippen LogP contribution >= 0.6 is 0 Å². The van der Waals surface area contributed by atoms with E-state index in [2.05, 4.69) is 39.8 Å². The van der Waals surface area contributed by atoms with Crippen molar-refractivity contribution in [3.05, 3.63) is 12.2 Å². The lowest BCUT2D eigenvalue weighted by Gasteiger charge is -2.29. The Labute approximate surface area is 124 Å². The molecule has 116 valence electrons. The van der Waals surface area contributed by atoms with Crippen LogP contribution < -0.4 is 0 Å². The van der Waals surface area contributed by atoms with Crippen LogP contribution in [0.25, 0.3) is 0 Å². The third-order valence-corrected chi connectivity index (χ3v) is 4.16. The van der Waals surface area contributed by atoms with Crippen LogP contribution in [-0.4, -0.2) is 35.1 Å². The average Bonchev–Trinajstić information content (AvgIpc) is 2.85. The molecule has 1 rings (SSSR count). The highest BCUT2D eigenvalue weighted by Crippen LogP contribution is 2.25. The highest BCUT2D eigenvalue weighted by Gasteiger charge is 2.33. The van der Waals surface area contributed by atoms with E-state index in [4.69, 9.17) is 0 Å². The zero-order chi connectivity index (χ0) is 15.1. The molecule has 3 nitrogen and oxygen atoms in total. The van der Waals surface area contributed by atoms with Gasteiger partial charge in [0.15, 0.2) is 0 Å². The molecule has 1 aliphatic rings. The monoisotopic (exact) mass is 281 g/mol. The normalized spacial score (nSPS) is 21.4. The topological polar surface area (TPSA) is 40.5 Å². The second-order valence-electron chi connectivity index (χ2n) is 6.70. The molecule has 0 aromatic heterocycles. The standard InChI is InChI=1S/C17H31NO2/c1-13(2)8-5-6-10-16(14(3)4)17(20)18-11-7-9-15(18)12-19/h5-6,13-16,19H,7-12H2,1-4H3/t15?,16-/m0/s1. The van der Waals surface area contributed by atoms with Crippen molar-refractivity contribution in [1.82, 2.24) is 4.90 Å². The lowest BCUT2D eigenvalue weighted by Crippen LogP contribution is -2.42. The summed E-state index contributed by atoms with van der Waals surface area (Å²) >= 11 is 0. The van der Waals surface area contributed by atoms with Crippen molar-refractivity contribution in [2.75, 3.05) is 13.2 Å². The lowest BCUT2D eigenvalue weighted by atomic mass is 9.90. The summed E-state index contributed by atoms with van der Waals surface area (Å²) in [5.41, 5.74) is 0. The van der Waals surface area contributed by atoms with Crippen molar-refractivity contribution >= 4 is 5.91 Å². The fourth-order valence-corrected chi connectivity index (χ4v) is 2.80. The van der Waals surface area contributed by atoms with Crippen LogP contribution in [0.1, 0.15) is 53.4 Å². The molecule has 0 bridgehead atoms. The first-order chi connectivity index (χ1) is 9.47. The Balaban J connectivity index is 2.61. The lowest BCUT2D eigenvalue weighted by molar-refractivity contribution is -0.138. The van der Waals surface area contributed by atoms with E-state index >= 15 is 0 Å². The van der Waals surface area contributed by atoms with Gasteiger partial charge in [0.05, 0.1) is 12.6 Å². The van der Waals surface area contributed by atoms with Gasteiger partial charge in [0.1, 0.15) is 0 Å². The Hall–Kier alpha value is -0.830. The second-order valence-corrected chi connectivity index (χ2v) is 6.70. The average molecular weight is 281 g/mol. The number of nitrogens with zero attached hydrogens (tertiary/aromatic N) is 1. The quantitative estimate of drug-likeness (QED) is 0.728. The van der Waals surface area contributed by atoms with E-state index < -0.39 is 0 Å². The van der Waals surface area contributed by atoms with Gasteiger partial charge in [-0.1, -0.05) is 39.8 Å². The second kappa shape index (κ2) is 8.46. The summed E-state index contributed by atoms with van der Waals surface area (Å²) in [4.78, 5) is 14.6. The molecule has 0 radical (unpaired) electrons. The SMILES string of the molecule is CC(C)CC=CC[C@H](C(=O)N1CCCC1CO)C(C)C.